The van der Waals surface area contributed by atoms with E-state index in [-0.39, 0.29) is 31.9 Å². The summed E-state index contributed by atoms with van der Waals surface area (Å²) >= 11 is 0. The molecule has 1 heterocycles. The second-order valence-electron chi connectivity index (χ2n) is 6.23. The molecule has 0 aliphatic rings. The largest absolute Gasteiger partial charge is 0.382 e. The van der Waals surface area contributed by atoms with Crippen LogP contribution in [-0.4, -0.2) is 83.5 Å². The summed E-state index contributed by atoms with van der Waals surface area (Å²) in [5, 5.41) is 0. The van der Waals surface area contributed by atoms with Crippen LogP contribution < -0.4 is 0 Å². The van der Waals surface area contributed by atoms with E-state index in [9.17, 15) is 9.59 Å². The Hall–Kier alpha value is -1.75. The Morgan fingerprint density at radius 3 is 2.28 bits per heavy atom. The molecule has 1 rings (SSSR count). The van der Waals surface area contributed by atoms with Crippen molar-refractivity contribution in [3.63, 3.8) is 0 Å². The highest BCUT2D eigenvalue weighted by atomic mass is 16.7. The van der Waals surface area contributed by atoms with Crippen LogP contribution in [0, 0.1) is 5.92 Å². The number of Topliss-reactive ketones (excluding diaryl/α,β-unsaturated/α-hetero) is 1. The third kappa shape index (κ3) is 10.6. The highest BCUT2D eigenvalue weighted by Gasteiger charge is 2.31. The fourth-order valence-corrected chi connectivity index (χ4v) is 2.48. The van der Waals surface area contributed by atoms with Gasteiger partial charge in [-0.25, -0.2) is 0 Å². The molecular weight excluding hydrogens is 382 g/mol. The fraction of sp³-hybridized carbons (Fsp3) is 0.650. The number of methoxy groups -OCH3 is 2. The number of ketones is 1. The molecule has 0 amide bonds. The summed E-state index contributed by atoms with van der Waals surface area (Å²) in [6.07, 6.45) is 2.59. The Kier molecular flexibility index (Phi) is 14.0. The molecule has 0 bridgehead atoms. The predicted octanol–water partition coefficient (Wildman–Crippen LogP) is 1.50. The standard InChI is InChI=1S/C20H31NO8/c1-16(28-14-26-9-7-24-2)11-18(20(23)17-5-4-6-21-12-17)19(13-22)29-15-27-10-8-25-3/h4-6,12-13,16,18-19H,7-11,14-15H2,1-3H3. The van der Waals surface area contributed by atoms with Gasteiger partial charge in [-0.05, 0) is 25.5 Å². The van der Waals surface area contributed by atoms with Gasteiger partial charge >= 0.3 is 0 Å². The summed E-state index contributed by atoms with van der Waals surface area (Å²) in [6.45, 7) is 3.33. The maximum absolute atomic E-state index is 13.0. The lowest BCUT2D eigenvalue weighted by Crippen LogP contribution is -2.36. The summed E-state index contributed by atoms with van der Waals surface area (Å²) in [6, 6.07) is 3.32. The molecule has 0 aliphatic heterocycles. The third-order valence-electron chi connectivity index (χ3n) is 4.04. The zero-order valence-electron chi connectivity index (χ0n) is 17.3. The molecule has 0 saturated heterocycles. The Labute approximate surface area is 171 Å². The molecule has 29 heavy (non-hydrogen) atoms. The maximum Gasteiger partial charge on any atom is 0.170 e. The van der Waals surface area contributed by atoms with Gasteiger partial charge in [0.15, 0.2) is 5.78 Å². The van der Waals surface area contributed by atoms with Crippen LogP contribution in [0.15, 0.2) is 24.5 Å². The van der Waals surface area contributed by atoms with E-state index in [4.69, 9.17) is 28.4 Å². The van der Waals surface area contributed by atoms with Gasteiger partial charge in [0.05, 0.1) is 38.4 Å². The molecule has 1 aromatic rings. The van der Waals surface area contributed by atoms with Gasteiger partial charge in [0.2, 0.25) is 0 Å². The minimum absolute atomic E-state index is 0.0606. The van der Waals surface area contributed by atoms with Crippen molar-refractivity contribution >= 4 is 12.1 Å². The summed E-state index contributed by atoms with van der Waals surface area (Å²) in [5.74, 6) is -1.00. The first-order valence-electron chi connectivity index (χ1n) is 9.40. The van der Waals surface area contributed by atoms with E-state index in [1.165, 1.54) is 6.20 Å². The van der Waals surface area contributed by atoms with Gasteiger partial charge in [0, 0.05) is 32.2 Å². The molecule has 0 aromatic carbocycles. The van der Waals surface area contributed by atoms with E-state index in [1.807, 2.05) is 0 Å². The van der Waals surface area contributed by atoms with Gasteiger partial charge in [-0.1, -0.05) is 0 Å². The number of aromatic nitrogens is 1. The summed E-state index contributed by atoms with van der Waals surface area (Å²) < 4.78 is 31.4. The van der Waals surface area contributed by atoms with Crippen LogP contribution in [0.4, 0.5) is 0 Å². The average molecular weight is 413 g/mol. The van der Waals surface area contributed by atoms with Gasteiger partial charge in [-0.15, -0.1) is 0 Å². The minimum atomic E-state index is -0.981. The zero-order valence-corrected chi connectivity index (χ0v) is 17.3. The molecule has 9 heteroatoms. The first-order chi connectivity index (χ1) is 14.1. The number of nitrogens with zero attached hydrogens (tertiary/aromatic N) is 1. The smallest absolute Gasteiger partial charge is 0.170 e. The molecule has 0 N–H and O–H groups in total. The third-order valence-corrected chi connectivity index (χ3v) is 4.04. The Balaban J connectivity index is 2.71. The van der Waals surface area contributed by atoms with E-state index in [0.717, 1.165) is 0 Å². The molecule has 3 atom stereocenters. The predicted molar refractivity (Wildman–Crippen MR) is 104 cm³/mol. The van der Waals surface area contributed by atoms with Gasteiger partial charge in [0.25, 0.3) is 0 Å². The second-order valence-corrected chi connectivity index (χ2v) is 6.23. The van der Waals surface area contributed by atoms with Crippen molar-refractivity contribution in [3.8, 4) is 0 Å². The number of hydrogen-bond acceptors (Lipinski definition) is 9. The Morgan fingerprint density at radius 2 is 1.72 bits per heavy atom. The molecule has 0 radical (unpaired) electrons. The summed E-state index contributed by atoms with van der Waals surface area (Å²) in [5.41, 5.74) is 0.400. The average Bonchev–Trinajstić information content (AvgIpc) is 2.75. The molecule has 3 unspecified atom stereocenters. The van der Waals surface area contributed by atoms with E-state index < -0.39 is 12.0 Å². The van der Waals surface area contributed by atoms with Crippen molar-refractivity contribution in [2.75, 3.05) is 54.2 Å². The van der Waals surface area contributed by atoms with Crippen LogP contribution in [0.25, 0.3) is 0 Å². The molecule has 0 aliphatic carbocycles. The number of hydrogen-bond donors (Lipinski definition) is 0. The molecular formula is C20H31NO8. The topological polar surface area (TPSA) is 102 Å². The number of pyridine rings is 1. The molecule has 9 nitrogen and oxygen atoms in total. The highest BCUT2D eigenvalue weighted by Crippen LogP contribution is 2.21. The summed E-state index contributed by atoms with van der Waals surface area (Å²) in [7, 11) is 3.14. The normalized spacial score (nSPS) is 14.3. The first-order valence-corrected chi connectivity index (χ1v) is 9.40. The van der Waals surface area contributed by atoms with Crippen LogP contribution in [0.3, 0.4) is 0 Å². The molecule has 0 spiro atoms. The van der Waals surface area contributed by atoms with Gasteiger partial charge < -0.3 is 33.2 Å². The molecule has 0 saturated carbocycles. The number of carbonyl (C=O) groups is 2. The van der Waals surface area contributed by atoms with Crippen molar-refractivity contribution in [2.24, 2.45) is 5.92 Å². The van der Waals surface area contributed by atoms with Gasteiger partial charge in [-0.2, -0.15) is 0 Å². The van der Waals surface area contributed by atoms with E-state index in [2.05, 4.69) is 4.98 Å². The van der Waals surface area contributed by atoms with Crippen molar-refractivity contribution in [2.45, 2.75) is 25.6 Å². The number of rotatable bonds is 18. The Morgan fingerprint density at radius 1 is 1.07 bits per heavy atom. The van der Waals surface area contributed by atoms with E-state index in [1.54, 1.807) is 39.5 Å². The van der Waals surface area contributed by atoms with Crippen LogP contribution >= 0.6 is 0 Å². The van der Waals surface area contributed by atoms with E-state index >= 15 is 0 Å². The minimum Gasteiger partial charge on any atom is -0.382 e. The quantitative estimate of drug-likeness (QED) is 0.153. The molecule has 1 aromatic heterocycles. The van der Waals surface area contributed by atoms with Crippen molar-refractivity contribution in [3.05, 3.63) is 30.1 Å². The lowest BCUT2D eigenvalue weighted by molar-refractivity contribution is -0.140. The van der Waals surface area contributed by atoms with Gasteiger partial charge in [-0.3, -0.25) is 9.78 Å². The monoisotopic (exact) mass is 413 g/mol. The molecule has 164 valence electrons. The summed E-state index contributed by atoms with van der Waals surface area (Å²) in [4.78, 5) is 28.6. The zero-order chi connectivity index (χ0) is 21.3. The van der Waals surface area contributed by atoms with Crippen LogP contribution in [0.1, 0.15) is 23.7 Å². The fourth-order valence-electron chi connectivity index (χ4n) is 2.48. The lowest BCUT2D eigenvalue weighted by atomic mass is 9.88. The van der Waals surface area contributed by atoms with Crippen LogP contribution in [0.5, 0.6) is 0 Å². The van der Waals surface area contributed by atoms with Crippen LogP contribution in [-0.2, 0) is 33.2 Å². The maximum atomic E-state index is 13.0. The number of ether oxygens (including phenoxy) is 6. The molecule has 0 fully saturated rings. The van der Waals surface area contributed by atoms with Gasteiger partial charge in [0.1, 0.15) is 26.0 Å². The van der Waals surface area contributed by atoms with Crippen molar-refractivity contribution in [1.29, 1.82) is 0 Å². The SMILES string of the molecule is COCCOCOC(C)CC(C(=O)c1cccnc1)C(C=O)OCOCCOC. The number of aldehydes is 1. The number of carbonyl (C=O) groups excluding carboxylic acids is 2. The van der Waals surface area contributed by atoms with Crippen molar-refractivity contribution < 1.29 is 38.0 Å². The second kappa shape index (κ2) is 16.1. The Bertz CT molecular complexity index is 557. The van der Waals surface area contributed by atoms with Crippen molar-refractivity contribution in [1.82, 2.24) is 4.98 Å². The van der Waals surface area contributed by atoms with E-state index in [0.29, 0.717) is 38.3 Å². The van der Waals surface area contributed by atoms with Crippen LogP contribution in [0.2, 0.25) is 0 Å². The lowest BCUT2D eigenvalue weighted by Gasteiger charge is -2.25. The highest BCUT2D eigenvalue weighted by molar-refractivity contribution is 5.99. The first kappa shape index (κ1) is 25.3.